The van der Waals surface area contributed by atoms with E-state index in [0.29, 0.717) is 0 Å². The Kier molecular flexibility index (Phi) is 5.02. The van der Waals surface area contributed by atoms with Crippen LogP contribution < -0.4 is 5.46 Å². The Hall–Kier alpha value is -0.945. The first-order chi connectivity index (χ1) is 11.9. The van der Waals surface area contributed by atoms with Gasteiger partial charge in [0, 0.05) is 19.6 Å². The summed E-state index contributed by atoms with van der Waals surface area (Å²) < 4.78 is 32.3. The summed E-state index contributed by atoms with van der Waals surface area (Å²) in [6.07, 6.45) is 0.166. The zero-order valence-electron chi connectivity index (χ0n) is 17.1. The highest BCUT2D eigenvalue weighted by molar-refractivity contribution is 6.62. The fourth-order valence-corrected chi connectivity index (χ4v) is 3.85. The molecule has 6 heteroatoms. The van der Waals surface area contributed by atoms with Gasteiger partial charge in [-0.05, 0) is 71.6 Å². The largest absolute Gasteiger partial charge is 0.495 e. The molecule has 2 saturated heterocycles. The number of ether oxygens (including phenoxy) is 1. The monoisotopic (exact) mass is 363 g/mol. The van der Waals surface area contributed by atoms with Crippen LogP contribution in [0.4, 0.5) is 4.39 Å². The van der Waals surface area contributed by atoms with Gasteiger partial charge < -0.3 is 14.0 Å². The van der Waals surface area contributed by atoms with E-state index in [1.807, 2.05) is 33.8 Å². The minimum atomic E-state index is -0.558. The molecular formula is C20H31BFNO3. The van der Waals surface area contributed by atoms with Crippen molar-refractivity contribution >= 4 is 12.6 Å². The molecule has 3 rings (SSSR count). The molecule has 0 saturated carbocycles. The van der Waals surface area contributed by atoms with E-state index in [9.17, 15) is 4.39 Å². The van der Waals surface area contributed by atoms with E-state index in [4.69, 9.17) is 14.0 Å². The first kappa shape index (κ1) is 19.8. The van der Waals surface area contributed by atoms with Crippen molar-refractivity contribution in [2.45, 2.75) is 77.9 Å². The minimum Gasteiger partial charge on any atom is -0.399 e. The van der Waals surface area contributed by atoms with E-state index in [1.54, 1.807) is 6.07 Å². The number of morpholine rings is 1. The van der Waals surface area contributed by atoms with Crippen molar-refractivity contribution in [3.05, 3.63) is 29.6 Å². The van der Waals surface area contributed by atoms with Gasteiger partial charge in [0.2, 0.25) is 0 Å². The predicted molar refractivity (Wildman–Crippen MR) is 102 cm³/mol. The highest BCUT2D eigenvalue weighted by Crippen LogP contribution is 2.37. The van der Waals surface area contributed by atoms with Crippen molar-refractivity contribution in [1.29, 1.82) is 0 Å². The Balaban J connectivity index is 1.86. The molecule has 2 heterocycles. The maximum Gasteiger partial charge on any atom is 0.495 e. The summed E-state index contributed by atoms with van der Waals surface area (Å²) in [4.78, 5) is 2.36. The number of nitrogens with zero attached hydrogens (tertiary/aromatic N) is 1. The molecule has 1 atom stereocenters. The van der Waals surface area contributed by atoms with Gasteiger partial charge in [-0.2, -0.15) is 0 Å². The molecule has 26 heavy (non-hydrogen) atoms. The number of benzene rings is 1. The Labute approximate surface area is 157 Å². The molecule has 144 valence electrons. The van der Waals surface area contributed by atoms with Crippen molar-refractivity contribution in [3.8, 4) is 0 Å². The smallest absolute Gasteiger partial charge is 0.399 e. The zero-order chi connectivity index (χ0) is 19.3. The lowest BCUT2D eigenvalue weighted by Crippen LogP contribution is -2.52. The van der Waals surface area contributed by atoms with E-state index in [-0.39, 0.29) is 17.5 Å². The van der Waals surface area contributed by atoms with Gasteiger partial charge in [-0.1, -0.05) is 6.07 Å². The van der Waals surface area contributed by atoms with Gasteiger partial charge in [0.15, 0.2) is 0 Å². The second-order valence-electron chi connectivity index (χ2n) is 9.29. The molecule has 0 bridgehead atoms. The Morgan fingerprint density at radius 3 is 2.31 bits per heavy atom. The maximum atomic E-state index is 14.0. The number of hydrogen-bond donors (Lipinski definition) is 0. The molecule has 0 amide bonds. The van der Waals surface area contributed by atoms with E-state index in [0.717, 1.165) is 30.7 Å². The average molecular weight is 363 g/mol. The van der Waals surface area contributed by atoms with Gasteiger partial charge in [-0.3, -0.25) is 4.90 Å². The number of hydrogen-bond acceptors (Lipinski definition) is 4. The molecule has 1 aromatic rings. The van der Waals surface area contributed by atoms with Crippen LogP contribution in [0.15, 0.2) is 18.2 Å². The van der Waals surface area contributed by atoms with Crippen LogP contribution in [0.5, 0.6) is 0 Å². The summed E-state index contributed by atoms with van der Waals surface area (Å²) in [5, 5.41) is 0. The predicted octanol–water partition coefficient (Wildman–Crippen LogP) is 3.12. The lowest BCUT2D eigenvalue weighted by Gasteiger charge is -2.42. The first-order valence-electron chi connectivity index (χ1n) is 9.43. The quantitative estimate of drug-likeness (QED) is 0.773. The Morgan fingerprint density at radius 1 is 1.12 bits per heavy atom. The Morgan fingerprint density at radius 2 is 1.73 bits per heavy atom. The van der Waals surface area contributed by atoms with Crippen molar-refractivity contribution in [2.75, 3.05) is 13.1 Å². The molecule has 2 fully saturated rings. The van der Waals surface area contributed by atoms with E-state index < -0.39 is 18.3 Å². The summed E-state index contributed by atoms with van der Waals surface area (Å²) in [7, 11) is -0.558. The molecule has 0 aromatic heterocycles. The third-order valence-electron chi connectivity index (χ3n) is 5.65. The van der Waals surface area contributed by atoms with Gasteiger partial charge in [0.05, 0.1) is 22.9 Å². The number of halogens is 1. The van der Waals surface area contributed by atoms with Crippen LogP contribution in [0.2, 0.25) is 0 Å². The fourth-order valence-electron chi connectivity index (χ4n) is 3.85. The lowest BCUT2D eigenvalue weighted by atomic mass is 9.75. The average Bonchev–Trinajstić information content (AvgIpc) is 2.67. The lowest BCUT2D eigenvalue weighted by molar-refractivity contribution is -0.130. The SMILES string of the molecule is CC1CN(Cc2ccc(F)cc2B2OC(C)(C)C(C)(C)O2)CC(C)(C)O1. The standard InChI is InChI=1S/C20H31BFNO3/c1-14-11-23(13-18(2,3)24-14)12-15-8-9-16(22)10-17(15)21-25-19(4,5)20(6,7)26-21/h8-10,14H,11-13H2,1-7H3. The second kappa shape index (κ2) is 6.59. The van der Waals surface area contributed by atoms with Crippen molar-refractivity contribution < 1.29 is 18.4 Å². The molecule has 2 aliphatic rings. The third-order valence-corrected chi connectivity index (χ3v) is 5.65. The van der Waals surface area contributed by atoms with Crippen LogP contribution in [0.3, 0.4) is 0 Å². The molecule has 1 unspecified atom stereocenters. The summed E-state index contributed by atoms with van der Waals surface area (Å²) >= 11 is 0. The molecule has 4 nitrogen and oxygen atoms in total. The van der Waals surface area contributed by atoms with E-state index in [2.05, 4.69) is 25.7 Å². The minimum absolute atomic E-state index is 0.166. The molecule has 0 N–H and O–H groups in total. The summed E-state index contributed by atoms with van der Waals surface area (Å²) in [5.41, 5.74) is 0.728. The van der Waals surface area contributed by atoms with Gasteiger partial charge >= 0.3 is 7.12 Å². The zero-order valence-corrected chi connectivity index (χ0v) is 17.1. The summed E-state index contributed by atoms with van der Waals surface area (Å²) in [6.45, 7) is 16.8. The topological polar surface area (TPSA) is 30.9 Å². The highest BCUT2D eigenvalue weighted by atomic mass is 19.1. The molecular weight excluding hydrogens is 332 g/mol. The van der Waals surface area contributed by atoms with Crippen LogP contribution in [0.25, 0.3) is 0 Å². The van der Waals surface area contributed by atoms with Gasteiger partial charge in [0.1, 0.15) is 5.82 Å². The third kappa shape index (κ3) is 3.98. The normalized spacial score (nSPS) is 27.7. The fraction of sp³-hybridized carbons (Fsp3) is 0.700. The van der Waals surface area contributed by atoms with Crippen LogP contribution in [0, 0.1) is 5.82 Å². The van der Waals surface area contributed by atoms with Gasteiger partial charge in [-0.15, -0.1) is 0 Å². The van der Waals surface area contributed by atoms with E-state index in [1.165, 1.54) is 6.07 Å². The summed E-state index contributed by atoms with van der Waals surface area (Å²) in [5.74, 6) is -0.269. The van der Waals surface area contributed by atoms with Crippen LogP contribution in [-0.2, 0) is 20.6 Å². The molecule has 2 aliphatic heterocycles. The highest BCUT2D eigenvalue weighted by Gasteiger charge is 2.52. The van der Waals surface area contributed by atoms with Crippen LogP contribution in [0.1, 0.15) is 54.0 Å². The van der Waals surface area contributed by atoms with Crippen molar-refractivity contribution in [2.24, 2.45) is 0 Å². The summed E-state index contributed by atoms with van der Waals surface area (Å²) in [6, 6.07) is 4.91. The molecule has 0 radical (unpaired) electrons. The van der Waals surface area contributed by atoms with E-state index >= 15 is 0 Å². The van der Waals surface area contributed by atoms with Gasteiger partial charge in [0.25, 0.3) is 0 Å². The van der Waals surface area contributed by atoms with Crippen LogP contribution >= 0.6 is 0 Å². The van der Waals surface area contributed by atoms with Crippen molar-refractivity contribution in [3.63, 3.8) is 0 Å². The Bertz CT molecular complexity index is 661. The van der Waals surface area contributed by atoms with Crippen molar-refractivity contribution in [1.82, 2.24) is 4.90 Å². The van der Waals surface area contributed by atoms with Crippen LogP contribution in [-0.4, -0.2) is 48.0 Å². The van der Waals surface area contributed by atoms with Gasteiger partial charge in [-0.25, -0.2) is 4.39 Å². The molecule has 0 spiro atoms. The molecule has 0 aliphatic carbocycles. The number of rotatable bonds is 3. The molecule has 1 aromatic carbocycles. The second-order valence-corrected chi connectivity index (χ2v) is 9.29. The maximum absolute atomic E-state index is 14.0. The first-order valence-corrected chi connectivity index (χ1v) is 9.43.